The van der Waals surface area contributed by atoms with Crippen LogP contribution in [0.5, 0.6) is 11.5 Å². The third kappa shape index (κ3) is 6.29. The second-order valence-corrected chi connectivity index (χ2v) is 5.88. The number of carbonyl (C=O) groups is 2. The average Bonchev–Trinajstić information content (AvgIpc) is 2.61. The lowest BCUT2D eigenvalue weighted by Gasteiger charge is -2.20. The zero-order valence-electron chi connectivity index (χ0n) is 14.2. The third-order valence-corrected chi connectivity index (χ3v) is 3.74. The molecule has 0 radical (unpaired) electrons. The van der Waals surface area contributed by atoms with Gasteiger partial charge in [-0.3, -0.25) is 4.79 Å². The van der Waals surface area contributed by atoms with Crippen LogP contribution < -0.4 is 19.9 Å². The van der Waals surface area contributed by atoms with Crippen LogP contribution in [0.2, 0.25) is 5.02 Å². The highest BCUT2D eigenvalue weighted by Crippen LogP contribution is 2.21. The SMILES string of the molecule is CCOc1ccc([C@H](CC(=O)[O-])NC(=O)COc2ccc(Cl)cc2)cc1. The number of rotatable bonds is 9. The maximum atomic E-state index is 12.1. The van der Waals surface area contributed by atoms with E-state index in [-0.39, 0.29) is 13.0 Å². The normalized spacial score (nSPS) is 11.5. The molecule has 26 heavy (non-hydrogen) atoms. The molecule has 2 aromatic rings. The highest BCUT2D eigenvalue weighted by atomic mass is 35.5. The van der Waals surface area contributed by atoms with Crippen LogP contribution in [0.1, 0.15) is 24.9 Å². The monoisotopic (exact) mass is 376 g/mol. The molecule has 0 unspecified atom stereocenters. The van der Waals surface area contributed by atoms with Gasteiger partial charge in [0.25, 0.3) is 5.91 Å². The molecular weight excluding hydrogens is 358 g/mol. The smallest absolute Gasteiger partial charge is 0.258 e. The zero-order valence-corrected chi connectivity index (χ0v) is 15.0. The summed E-state index contributed by atoms with van der Waals surface area (Å²) in [7, 11) is 0. The van der Waals surface area contributed by atoms with Crippen LogP contribution in [-0.2, 0) is 9.59 Å². The fraction of sp³-hybridized carbons (Fsp3) is 0.263. The average molecular weight is 377 g/mol. The first kappa shape index (κ1) is 19.6. The minimum atomic E-state index is -1.26. The molecule has 2 aromatic carbocycles. The van der Waals surface area contributed by atoms with Gasteiger partial charge in [-0.2, -0.15) is 0 Å². The summed E-state index contributed by atoms with van der Waals surface area (Å²) in [5.74, 6) is -0.550. The van der Waals surface area contributed by atoms with Gasteiger partial charge in [0.05, 0.1) is 12.6 Å². The van der Waals surface area contributed by atoms with Crippen LogP contribution in [0.25, 0.3) is 0 Å². The Hall–Kier alpha value is -2.73. The lowest BCUT2D eigenvalue weighted by molar-refractivity contribution is -0.306. The standard InChI is InChI=1S/C19H20ClNO5/c1-2-25-15-7-3-13(4-8-15)17(11-19(23)24)21-18(22)12-26-16-9-5-14(20)6-10-16/h3-10,17H,2,11-12H2,1H3,(H,21,22)(H,23,24)/p-1/t17-/m0/s1. The predicted molar refractivity (Wildman–Crippen MR) is 95.1 cm³/mol. The van der Waals surface area contributed by atoms with Crippen molar-refractivity contribution in [1.82, 2.24) is 5.32 Å². The number of nitrogens with one attached hydrogen (secondary N) is 1. The molecule has 0 saturated heterocycles. The first-order valence-corrected chi connectivity index (χ1v) is 8.46. The molecule has 1 N–H and O–H groups in total. The number of ether oxygens (including phenoxy) is 2. The molecule has 6 nitrogen and oxygen atoms in total. The lowest BCUT2D eigenvalue weighted by atomic mass is 10.0. The number of carboxylic acids is 1. The zero-order chi connectivity index (χ0) is 18.9. The molecule has 0 aliphatic heterocycles. The number of halogens is 1. The van der Waals surface area contributed by atoms with E-state index >= 15 is 0 Å². The van der Waals surface area contributed by atoms with E-state index in [1.807, 2.05) is 6.92 Å². The van der Waals surface area contributed by atoms with Crippen LogP contribution in [0, 0.1) is 0 Å². The van der Waals surface area contributed by atoms with Crippen LogP contribution >= 0.6 is 11.6 Å². The summed E-state index contributed by atoms with van der Waals surface area (Å²) in [6, 6.07) is 12.7. The van der Waals surface area contributed by atoms with E-state index in [9.17, 15) is 14.7 Å². The molecule has 0 aliphatic carbocycles. The van der Waals surface area contributed by atoms with Crippen molar-refractivity contribution in [2.75, 3.05) is 13.2 Å². The number of carboxylic acid groups (broad SMARTS) is 1. The van der Waals surface area contributed by atoms with E-state index in [2.05, 4.69) is 5.32 Å². The maximum Gasteiger partial charge on any atom is 0.258 e. The summed E-state index contributed by atoms with van der Waals surface area (Å²) < 4.78 is 10.7. The van der Waals surface area contributed by atoms with Crippen LogP contribution in [-0.4, -0.2) is 25.1 Å². The molecule has 0 fully saturated rings. The summed E-state index contributed by atoms with van der Waals surface area (Å²) in [4.78, 5) is 23.1. The number of aliphatic carboxylic acids is 1. The van der Waals surface area contributed by atoms with E-state index in [4.69, 9.17) is 21.1 Å². The highest BCUT2D eigenvalue weighted by molar-refractivity contribution is 6.30. The Morgan fingerprint density at radius 1 is 1.04 bits per heavy atom. The van der Waals surface area contributed by atoms with Crippen molar-refractivity contribution in [2.45, 2.75) is 19.4 Å². The van der Waals surface area contributed by atoms with Crippen molar-refractivity contribution in [3.05, 3.63) is 59.1 Å². The van der Waals surface area contributed by atoms with Gasteiger partial charge >= 0.3 is 0 Å². The summed E-state index contributed by atoms with van der Waals surface area (Å²) in [6.45, 7) is 2.15. The molecular formula is C19H19ClNO5-. The topological polar surface area (TPSA) is 87.7 Å². The lowest BCUT2D eigenvalue weighted by Crippen LogP contribution is -2.36. The van der Waals surface area contributed by atoms with E-state index in [1.54, 1.807) is 48.5 Å². The maximum absolute atomic E-state index is 12.1. The minimum Gasteiger partial charge on any atom is -0.550 e. The van der Waals surface area contributed by atoms with Crippen molar-refractivity contribution in [2.24, 2.45) is 0 Å². The minimum absolute atomic E-state index is 0.248. The Morgan fingerprint density at radius 3 is 2.19 bits per heavy atom. The van der Waals surface area contributed by atoms with Gasteiger partial charge in [0.2, 0.25) is 0 Å². The molecule has 138 valence electrons. The van der Waals surface area contributed by atoms with Gasteiger partial charge in [-0.05, 0) is 48.9 Å². The first-order valence-electron chi connectivity index (χ1n) is 8.08. The van der Waals surface area contributed by atoms with Crippen molar-refractivity contribution in [1.29, 1.82) is 0 Å². The molecule has 7 heteroatoms. The van der Waals surface area contributed by atoms with Gasteiger partial charge in [-0.1, -0.05) is 23.7 Å². The molecule has 0 aromatic heterocycles. The Kier molecular flexibility index (Phi) is 7.29. The fourth-order valence-corrected chi connectivity index (χ4v) is 2.42. The highest BCUT2D eigenvalue weighted by Gasteiger charge is 2.16. The summed E-state index contributed by atoms with van der Waals surface area (Å²) >= 11 is 5.79. The molecule has 0 heterocycles. The largest absolute Gasteiger partial charge is 0.550 e. The van der Waals surface area contributed by atoms with Crippen molar-refractivity contribution < 1.29 is 24.2 Å². The Balaban J connectivity index is 1.98. The van der Waals surface area contributed by atoms with Crippen molar-refractivity contribution >= 4 is 23.5 Å². The Labute approximate surface area is 156 Å². The second kappa shape index (κ2) is 9.68. The van der Waals surface area contributed by atoms with E-state index in [0.29, 0.717) is 28.7 Å². The molecule has 1 atom stereocenters. The van der Waals surface area contributed by atoms with Crippen LogP contribution in [0.3, 0.4) is 0 Å². The van der Waals surface area contributed by atoms with Gasteiger partial charge in [-0.15, -0.1) is 0 Å². The summed E-state index contributed by atoms with van der Waals surface area (Å²) in [6.07, 6.45) is -0.347. The number of benzene rings is 2. The third-order valence-electron chi connectivity index (χ3n) is 3.48. The number of carbonyl (C=O) groups excluding carboxylic acids is 2. The predicted octanol–water partition coefficient (Wildman–Crippen LogP) is 2.11. The molecule has 0 saturated carbocycles. The molecule has 0 bridgehead atoms. The fourth-order valence-electron chi connectivity index (χ4n) is 2.30. The Bertz CT molecular complexity index is 731. The molecule has 2 rings (SSSR count). The van der Waals surface area contributed by atoms with Crippen molar-refractivity contribution in [3.8, 4) is 11.5 Å². The summed E-state index contributed by atoms with van der Waals surface area (Å²) in [5, 5.41) is 14.2. The number of hydrogen-bond donors (Lipinski definition) is 1. The quantitative estimate of drug-likeness (QED) is 0.724. The van der Waals surface area contributed by atoms with Gasteiger partial charge in [0.1, 0.15) is 11.5 Å². The van der Waals surface area contributed by atoms with Gasteiger partial charge in [-0.25, -0.2) is 0 Å². The first-order chi connectivity index (χ1) is 12.5. The number of amides is 1. The van der Waals surface area contributed by atoms with Crippen LogP contribution in [0.4, 0.5) is 0 Å². The molecule has 0 aliphatic rings. The van der Waals surface area contributed by atoms with Gasteiger partial charge < -0.3 is 24.7 Å². The van der Waals surface area contributed by atoms with E-state index in [0.717, 1.165) is 0 Å². The molecule has 1 amide bonds. The van der Waals surface area contributed by atoms with E-state index < -0.39 is 17.9 Å². The van der Waals surface area contributed by atoms with Crippen molar-refractivity contribution in [3.63, 3.8) is 0 Å². The summed E-state index contributed by atoms with van der Waals surface area (Å²) in [5.41, 5.74) is 0.637. The van der Waals surface area contributed by atoms with Crippen LogP contribution in [0.15, 0.2) is 48.5 Å². The Morgan fingerprint density at radius 2 is 1.62 bits per heavy atom. The van der Waals surface area contributed by atoms with Gasteiger partial charge in [0.15, 0.2) is 6.61 Å². The second-order valence-electron chi connectivity index (χ2n) is 5.44. The molecule has 0 spiro atoms. The van der Waals surface area contributed by atoms with E-state index in [1.165, 1.54) is 0 Å². The number of hydrogen-bond acceptors (Lipinski definition) is 5. The van der Waals surface area contributed by atoms with Gasteiger partial charge in [0, 0.05) is 17.4 Å².